The number of carbonyl (C=O) groups is 2. The van der Waals surface area contributed by atoms with Gasteiger partial charge in [0.05, 0.1) is 5.52 Å². The molecule has 1 aliphatic carbocycles. The molecule has 1 saturated carbocycles. The maximum Gasteiger partial charge on any atom is 0.249 e. The van der Waals surface area contributed by atoms with E-state index >= 15 is 0 Å². The summed E-state index contributed by atoms with van der Waals surface area (Å²) in [4.78, 5) is 29.8. The minimum absolute atomic E-state index is 0.0392. The third-order valence-electron chi connectivity index (χ3n) is 7.44. The standard InChI is InChI=1S/C30H31N5O5/c36-23-13-10-20(11-14-23)29(30(38)31-21-6-2-1-3-7-21)35(22-12-15-26-27(18-22)40-17-16-39-26)28(37)19-34-25-9-5-4-8-24(25)32-33-34/h4-5,8-15,18,21,29,36H,1-3,6-7,16-17,19H2,(H,31,38)/t29-/m1/s1. The summed E-state index contributed by atoms with van der Waals surface area (Å²) >= 11 is 0. The van der Waals surface area contributed by atoms with Gasteiger partial charge >= 0.3 is 0 Å². The average Bonchev–Trinajstić information content (AvgIpc) is 3.39. The molecule has 4 aromatic rings. The number of hydrogen-bond acceptors (Lipinski definition) is 7. The van der Waals surface area contributed by atoms with Gasteiger partial charge in [-0.1, -0.05) is 48.7 Å². The normalized spacial score (nSPS) is 15.9. The zero-order valence-corrected chi connectivity index (χ0v) is 22.0. The van der Waals surface area contributed by atoms with Gasteiger partial charge in [0, 0.05) is 17.8 Å². The number of carbonyl (C=O) groups excluding carboxylic acids is 2. The van der Waals surface area contributed by atoms with Crippen molar-refractivity contribution >= 4 is 28.5 Å². The molecule has 6 rings (SSSR count). The van der Waals surface area contributed by atoms with Crippen LogP contribution in [0.2, 0.25) is 0 Å². The van der Waals surface area contributed by atoms with Crippen molar-refractivity contribution < 1.29 is 24.2 Å². The molecule has 2 amide bonds. The Morgan fingerprint density at radius 2 is 1.73 bits per heavy atom. The molecule has 0 unspecified atom stereocenters. The minimum Gasteiger partial charge on any atom is -0.508 e. The number of para-hydroxylation sites is 1. The van der Waals surface area contributed by atoms with Crippen molar-refractivity contribution in [1.29, 1.82) is 0 Å². The molecule has 1 fully saturated rings. The number of aromatic nitrogens is 3. The van der Waals surface area contributed by atoms with Crippen LogP contribution in [0, 0.1) is 0 Å². The van der Waals surface area contributed by atoms with Gasteiger partial charge in [0.15, 0.2) is 11.5 Å². The molecule has 2 N–H and O–H groups in total. The van der Waals surface area contributed by atoms with Gasteiger partial charge in [0.2, 0.25) is 11.8 Å². The lowest BCUT2D eigenvalue weighted by atomic mass is 9.94. The maximum atomic E-state index is 14.2. The fraction of sp³-hybridized carbons (Fsp3) is 0.333. The third-order valence-corrected chi connectivity index (χ3v) is 7.44. The van der Waals surface area contributed by atoms with Crippen molar-refractivity contribution in [3.05, 3.63) is 72.3 Å². The molecule has 0 spiro atoms. The molecule has 0 radical (unpaired) electrons. The SMILES string of the molecule is O=C(NC1CCCCC1)[C@@H](c1ccc(O)cc1)N(C(=O)Cn1nnc2ccccc21)c1ccc2c(c1)OCCO2. The van der Waals surface area contributed by atoms with E-state index in [2.05, 4.69) is 15.6 Å². The molecular weight excluding hydrogens is 510 g/mol. The summed E-state index contributed by atoms with van der Waals surface area (Å²) in [5.41, 5.74) is 2.44. The molecule has 0 bridgehead atoms. The lowest BCUT2D eigenvalue weighted by Crippen LogP contribution is -2.48. The smallest absolute Gasteiger partial charge is 0.249 e. The number of nitrogens with zero attached hydrogens (tertiary/aromatic N) is 4. The van der Waals surface area contributed by atoms with Crippen LogP contribution in [0.15, 0.2) is 66.7 Å². The van der Waals surface area contributed by atoms with Gasteiger partial charge in [0.25, 0.3) is 0 Å². The molecular formula is C30H31N5O5. The number of amides is 2. The van der Waals surface area contributed by atoms with E-state index < -0.39 is 6.04 Å². The van der Waals surface area contributed by atoms with E-state index in [1.54, 1.807) is 30.3 Å². The molecule has 206 valence electrons. The van der Waals surface area contributed by atoms with E-state index in [9.17, 15) is 14.7 Å². The highest BCUT2D eigenvalue weighted by molar-refractivity contribution is 6.02. The van der Waals surface area contributed by atoms with Gasteiger partial charge in [-0.3, -0.25) is 14.5 Å². The first-order valence-electron chi connectivity index (χ1n) is 13.7. The predicted molar refractivity (Wildman–Crippen MR) is 148 cm³/mol. The van der Waals surface area contributed by atoms with E-state index in [1.165, 1.54) is 21.7 Å². The third kappa shape index (κ3) is 5.29. The zero-order chi connectivity index (χ0) is 27.5. The van der Waals surface area contributed by atoms with E-state index in [1.807, 2.05) is 24.3 Å². The van der Waals surface area contributed by atoms with Crippen LogP contribution in [0.5, 0.6) is 17.2 Å². The second-order valence-corrected chi connectivity index (χ2v) is 10.2. The Hall–Kier alpha value is -4.60. The fourth-order valence-electron chi connectivity index (χ4n) is 5.46. The molecule has 3 aromatic carbocycles. The molecule has 0 saturated heterocycles. The molecule has 40 heavy (non-hydrogen) atoms. The number of ether oxygens (including phenoxy) is 2. The molecule has 2 aliphatic rings. The van der Waals surface area contributed by atoms with Crippen molar-refractivity contribution in [3.8, 4) is 17.2 Å². The number of fused-ring (bicyclic) bond motifs is 2. The van der Waals surface area contributed by atoms with Crippen LogP contribution >= 0.6 is 0 Å². The molecule has 10 nitrogen and oxygen atoms in total. The Morgan fingerprint density at radius 1 is 0.975 bits per heavy atom. The van der Waals surface area contributed by atoms with Crippen LogP contribution in [0.1, 0.15) is 43.7 Å². The highest BCUT2D eigenvalue weighted by Gasteiger charge is 2.35. The van der Waals surface area contributed by atoms with Gasteiger partial charge in [-0.2, -0.15) is 0 Å². The summed E-state index contributed by atoms with van der Waals surface area (Å²) in [6.45, 7) is 0.688. The first kappa shape index (κ1) is 25.7. The molecule has 2 heterocycles. The van der Waals surface area contributed by atoms with Crippen LogP contribution in [-0.4, -0.2) is 51.2 Å². The Bertz CT molecular complexity index is 1510. The fourth-order valence-corrected chi connectivity index (χ4v) is 5.46. The summed E-state index contributed by atoms with van der Waals surface area (Å²) in [6, 6.07) is 18.1. The van der Waals surface area contributed by atoms with E-state index in [-0.39, 0.29) is 30.2 Å². The monoisotopic (exact) mass is 541 g/mol. The Balaban J connectivity index is 1.42. The van der Waals surface area contributed by atoms with Crippen LogP contribution in [-0.2, 0) is 16.1 Å². The number of hydrogen-bond donors (Lipinski definition) is 2. The summed E-state index contributed by atoms with van der Waals surface area (Å²) in [5.74, 6) is 0.511. The number of phenols is 1. The quantitative estimate of drug-likeness (QED) is 0.361. The highest BCUT2D eigenvalue weighted by Crippen LogP contribution is 2.37. The second kappa shape index (κ2) is 11.3. The van der Waals surface area contributed by atoms with Crippen LogP contribution in [0.3, 0.4) is 0 Å². The Morgan fingerprint density at radius 3 is 2.52 bits per heavy atom. The van der Waals surface area contributed by atoms with Crippen molar-refractivity contribution in [1.82, 2.24) is 20.3 Å². The summed E-state index contributed by atoms with van der Waals surface area (Å²) in [6.07, 6.45) is 5.06. The van der Waals surface area contributed by atoms with Gasteiger partial charge in [-0.15, -0.1) is 5.10 Å². The average molecular weight is 542 g/mol. The van der Waals surface area contributed by atoms with E-state index in [4.69, 9.17) is 9.47 Å². The van der Waals surface area contributed by atoms with E-state index in [0.717, 1.165) is 32.1 Å². The lowest BCUT2D eigenvalue weighted by molar-refractivity contribution is -0.127. The van der Waals surface area contributed by atoms with Crippen molar-refractivity contribution in [2.45, 2.75) is 50.7 Å². The summed E-state index contributed by atoms with van der Waals surface area (Å²) in [5, 5.41) is 21.6. The lowest BCUT2D eigenvalue weighted by Gasteiger charge is -2.34. The number of rotatable bonds is 7. The summed E-state index contributed by atoms with van der Waals surface area (Å²) in [7, 11) is 0. The van der Waals surface area contributed by atoms with Crippen LogP contribution in [0.4, 0.5) is 5.69 Å². The van der Waals surface area contributed by atoms with E-state index in [0.29, 0.717) is 47.0 Å². The number of anilines is 1. The van der Waals surface area contributed by atoms with Gasteiger partial charge in [-0.05, 0) is 54.8 Å². The largest absolute Gasteiger partial charge is 0.508 e. The van der Waals surface area contributed by atoms with Gasteiger partial charge in [0.1, 0.15) is 37.1 Å². The molecule has 1 aromatic heterocycles. The van der Waals surface area contributed by atoms with Crippen LogP contribution in [0.25, 0.3) is 11.0 Å². The van der Waals surface area contributed by atoms with Gasteiger partial charge in [-0.25, -0.2) is 4.68 Å². The van der Waals surface area contributed by atoms with Crippen LogP contribution < -0.4 is 19.7 Å². The Kier molecular flexibility index (Phi) is 7.22. The zero-order valence-electron chi connectivity index (χ0n) is 22.0. The summed E-state index contributed by atoms with van der Waals surface area (Å²) < 4.78 is 13.1. The van der Waals surface area contributed by atoms with Crippen molar-refractivity contribution in [3.63, 3.8) is 0 Å². The van der Waals surface area contributed by atoms with Crippen molar-refractivity contribution in [2.24, 2.45) is 0 Å². The second-order valence-electron chi connectivity index (χ2n) is 10.2. The number of nitrogens with one attached hydrogen (secondary N) is 1. The number of phenolic OH excluding ortho intramolecular Hbond substituents is 1. The highest BCUT2D eigenvalue weighted by atomic mass is 16.6. The predicted octanol–water partition coefficient (Wildman–Crippen LogP) is 4.13. The topological polar surface area (TPSA) is 119 Å². The number of aromatic hydroxyl groups is 1. The van der Waals surface area contributed by atoms with Crippen molar-refractivity contribution in [2.75, 3.05) is 18.1 Å². The minimum atomic E-state index is -1.01. The molecule has 10 heteroatoms. The maximum absolute atomic E-state index is 14.2. The first-order valence-corrected chi connectivity index (χ1v) is 13.7. The number of benzene rings is 3. The van der Waals surface area contributed by atoms with Gasteiger partial charge < -0.3 is 19.9 Å². The first-order chi connectivity index (χ1) is 19.6. The Labute approximate surface area is 231 Å². The molecule has 1 aliphatic heterocycles. The molecule has 1 atom stereocenters.